The van der Waals surface area contributed by atoms with Gasteiger partial charge in [0.05, 0.1) is 5.38 Å². The van der Waals surface area contributed by atoms with Gasteiger partial charge in [0.25, 0.3) is 0 Å². The summed E-state index contributed by atoms with van der Waals surface area (Å²) in [5, 5.41) is -0.0453. The summed E-state index contributed by atoms with van der Waals surface area (Å²) < 4.78 is 0. The zero-order valence-corrected chi connectivity index (χ0v) is 12.4. The molecule has 0 aliphatic heterocycles. The van der Waals surface area contributed by atoms with Crippen LogP contribution in [0.2, 0.25) is 0 Å². The molecule has 0 fully saturated rings. The summed E-state index contributed by atoms with van der Waals surface area (Å²) in [4.78, 5) is 4.39. The molecular formula is C17H20ClN. The Morgan fingerprint density at radius 2 is 1.53 bits per heavy atom. The lowest BCUT2D eigenvalue weighted by Crippen LogP contribution is -2.04. The van der Waals surface area contributed by atoms with Crippen LogP contribution in [0.1, 0.15) is 54.8 Å². The molecule has 0 aliphatic carbocycles. The molecule has 2 aromatic rings. The lowest BCUT2D eigenvalue weighted by atomic mass is 9.94. The molecule has 0 aliphatic rings. The fourth-order valence-electron chi connectivity index (χ4n) is 2.15. The van der Waals surface area contributed by atoms with E-state index >= 15 is 0 Å². The second-order valence-corrected chi connectivity index (χ2v) is 5.74. The summed E-state index contributed by atoms with van der Waals surface area (Å²) >= 11 is 6.58. The van der Waals surface area contributed by atoms with Gasteiger partial charge in [-0.05, 0) is 29.2 Å². The van der Waals surface area contributed by atoms with Gasteiger partial charge in [0, 0.05) is 17.8 Å². The van der Waals surface area contributed by atoms with Crippen molar-refractivity contribution < 1.29 is 0 Å². The van der Waals surface area contributed by atoms with E-state index in [0.29, 0.717) is 5.92 Å². The monoisotopic (exact) mass is 273 g/mol. The molecule has 1 aromatic carbocycles. The number of aromatic nitrogens is 1. The Labute approximate surface area is 120 Å². The number of alkyl halides is 1. The summed E-state index contributed by atoms with van der Waals surface area (Å²) in [6.07, 6.45) is 1.82. The number of hydrogen-bond donors (Lipinski definition) is 0. The van der Waals surface area contributed by atoms with Gasteiger partial charge in [0.2, 0.25) is 0 Å². The summed E-state index contributed by atoms with van der Waals surface area (Å²) in [5.41, 5.74) is 3.54. The minimum absolute atomic E-state index is 0.0453. The molecule has 0 N–H and O–H groups in total. The Morgan fingerprint density at radius 3 is 2.05 bits per heavy atom. The van der Waals surface area contributed by atoms with Gasteiger partial charge in [-0.3, -0.25) is 4.98 Å². The molecule has 100 valence electrons. The van der Waals surface area contributed by atoms with E-state index in [-0.39, 0.29) is 11.3 Å². The SMILES string of the molecule is CC(C)c1ccc(C(Cl)C(C)c2ccccn2)cc1. The van der Waals surface area contributed by atoms with Gasteiger partial charge in [-0.1, -0.05) is 51.1 Å². The number of pyridine rings is 1. The van der Waals surface area contributed by atoms with E-state index < -0.39 is 0 Å². The van der Waals surface area contributed by atoms with Gasteiger partial charge in [-0.2, -0.15) is 0 Å². The smallest absolute Gasteiger partial charge is 0.0666 e. The molecule has 0 bridgehead atoms. The van der Waals surface area contributed by atoms with Crippen molar-refractivity contribution in [2.75, 3.05) is 0 Å². The van der Waals surface area contributed by atoms with Gasteiger partial charge in [-0.25, -0.2) is 0 Å². The summed E-state index contributed by atoms with van der Waals surface area (Å²) in [7, 11) is 0. The quantitative estimate of drug-likeness (QED) is 0.690. The van der Waals surface area contributed by atoms with Gasteiger partial charge in [0.1, 0.15) is 0 Å². The van der Waals surface area contributed by atoms with E-state index in [1.54, 1.807) is 0 Å². The predicted molar refractivity (Wildman–Crippen MR) is 81.8 cm³/mol. The number of nitrogens with zero attached hydrogens (tertiary/aromatic N) is 1. The highest BCUT2D eigenvalue weighted by Crippen LogP contribution is 2.35. The molecule has 2 heteroatoms. The van der Waals surface area contributed by atoms with Crippen LogP contribution in [0, 0.1) is 0 Å². The van der Waals surface area contributed by atoms with Crippen molar-refractivity contribution >= 4 is 11.6 Å². The number of hydrogen-bond acceptors (Lipinski definition) is 1. The molecule has 1 aromatic heterocycles. The molecule has 19 heavy (non-hydrogen) atoms. The zero-order chi connectivity index (χ0) is 13.8. The molecule has 2 unspecified atom stereocenters. The third kappa shape index (κ3) is 3.36. The average molecular weight is 274 g/mol. The van der Waals surface area contributed by atoms with Gasteiger partial charge in [0.15, 0.2) is 0 Å². The predicted octanol–water partition coefficient (Wildman–Crippen LogP) is 5.29. The molecule has 2 atom stereocenters. The minimum atomic E-state index is -0.0453. The highest BCUT2D eigenvalue weighted by atomic mass is 35.5. The Kier molecular flexibility index (Phi) is 4.60. The fraction of sp³-hybridized carbons (Fsp3) is 0.353. The van der Waals surface area contributed by atoms with E-state index in [9.17, 15) is 0 Å². The first kappa shape index (κ1) is 14.1. The lowest BCUT2D eigenvalue weighted by molar-refractivity contribution is 0.705. The second-order valence-electron chi connectivity index (χ2n) is 5.27. The van der Waals surface area contributed by atoms with Crippen molar-refractivity contribution in [2.45, 2.75) is 38.0 Å². The van der Waals surface area contributed by atoms with E-state index in [0.717, 1.165) is 11.3 Å². The molecule has 1 nitrogen and oxygen atoms in total. The maximum Gasteiger partial charge on any atom is 0.0666 e. The van der Waals surface area contributed by atoms with Gasteiger partial charge >= 0.3 is 0 Å². The first-order valence-corrected chi connectivity index (χ1v) is 7.18. The van der Waals surface area contributed by atoms with Crippen LogP contribution < -0.4 is 0 Å². The molecule has 0 saturated carbocycles. The molecule has 0 radical (unpaired) electrons. The van der Waals surface area contributed by atoms with E-state index in [4.69, 9.17) is 11.6 Å². The number of benzene rings is 1. The third-order valence-corrected chi connectivity index (χ3v) is 4.14. The van der Waals surface area contributed by atoms with E-state index in [1.807, 2.05) is 24.4 Å². The molecule has 1 heterocycles. The van der Waals surface area contributed by atoms with Gasteiger partial charge in [-0.15, -0.1) is 11.6 Å². The van der Waals surface area contributed by atoms with Crippen LogP contribution >= 0.6 is 11.6 Å². The largest absolute Gasteiger partial charge is 0.261 e. The first-order chi connectivity index (χ1) is 9.09. The van der Waals surface area contributed by atoms with Gasteiger partial charge < -0.3 is 0 Å². The van der Waals surface area contributed by atoms with Crippen molar-refractivity contribution in [3.8, 4) is 0 Å². The van der Waals surface area contributed by atoms with Crippen LogP contribution in [0.5, 0.6) is 0 Å². The first-order valence-electron chi connectivity index (χ1n) is 6.74. The maximum atomic E-state index is 6.58. The maximum absolute atomic E-state index is 6.58. The Morgan fingerprint density at radius 1 is 0.895 bits per heavy atom. The summed E-state index contributed by atoms with van der Waals surface area (Å²) in [6, 6.07) is 14.6. The van der Waals surface area contributed by atoms with Crippen LogP contribution in [0.3, 0.4) is 0 Å². The minimum Gasteiger partial charge on any atom is -0.261 e. The number of halogens is 1. The fourth-order valence-corrected chi connectivity index (χ4v) is 2.42. The Bertz CT molecular complexity index is 505. The van der Waals surface area contributed by atoms with Crippen molar-refractivity contribution in [2.24, 2.45) is 0 Å². The highest BCUT2D eigenvalue weighted by molar-refractivity contribution is 6.21. The standard InChI is InChI=1S/C17H20ClN/c1-12(2)14-7-9-15(10-8-14)17(18)13(3)16-6-4-5-11-19-16/h4-13,17H,1-3H3. The normalized spacial score (nSPS) is 14.4. The van der Waals surface area contributed by atoms with Crippen molar-refractivity contribution in [1.29, 1.82) is 0 Å². The average Bonchev–Trinajstić information content (AvgIpc) is 2.46. The van der Waals surface area contributed by atoms with Crippen molar-refractivity contribution in [1.82, 2.24) is 4.98 Å². The lowest BCUT2D eigenvalue weighted by Gasteiger charge is -2.18. The second kappa shape index (κ2) is 6.21. The van der Waals surface area contributed by atoms with E-state index in [2.05, 4.69) is 50.0 Å². The topological polar surface area (TPSA) is 12.9 Å². The van der Waals surface area contributed by atoms with Crippen LogP contribution in [0.25, 0.3) is 0 Å². The van der Waals surface area contributed by atoms with Crippen molar-refractivity contribution in [3.63, 3.8) is 0 Å². The summed E-state index contributed by atoms with van der Waals surface area (Å²) in [6.45, 7) is 6.52. The molecule has 2 rings (SSSR count). The van der Waals surface area contributed by atoms with Crippen LogP contribution in [0.4, 0.5) is 0 Å². The Hall–Kier alpha value is -1.34. The highest BCUT2D eigenvalue weighted by Gasteiger charge is 2.19. The molecular weight excluding hydrogens is 254 g/mol. The third-order valence-electron chi connectivity index (χ3n) is 3.51. The molecule has 0 spiro atoms. The summed E-state index contributed by atoms with van der Waals surface area (Å²) in [5.74, 6) is 0.754. The Balaban J connectivity index is 2.17. The van der Waals surface area contributed by atoms with Crippen molar-refractivity contribution in [3.05, 3.63) is 65.5 Å². The molecule has 0 saturated heterocycles. The molecule has 0 amide bonds. The zero-order valence-electron chi connectivity index (χ0n) is 11.7. The van der Waals surface area contributed by atoms with Crippen LogP contribution in [-0.4, -0.2) is 4.98 Å². The van der Waals surface area contributed by atoms with E-state index in [1.165, 1.54) is 5.56 Å². The number of rotatable bonds is 4. The van der Waals surface area contributed by atoms with Crippen LogP contribution in [0.15, 0.2) is 48.7 Å². The van der Waals surface area contributed by atoms with Crippen LogP contribution in [-0.2, 0) is 0 Å².